The second-order valence-corrected chi connectivity index (χ2v) is 10.8. The van der Waals surface area contributed by atoms with Crippen LogP contribution in [0.1, 0.15) is 44.9 Å². The Kier molecular flexibility index (Phi) is 5.26. The first-order chi connectivity index (χ1) is 15.7. The third kappa shape index (κ3) is 4.02. The second-order valence-electron chi connectivity index (χ2n) is 9.93. The van der Waals surface area contributed by atoms with Gasteiger partial charge in [0.25, 0.3) is 0 Å². The maximum atomic E-state index is 12.9. The first-order valence-electron chi connectivity index (χ1n) is 11.0. The van der Waals surface area contributed by atoms with E-state index in [-0.39, 0.29) is 28.4 Å². The molecule has 12 nitrogen and oxygen atoms in total. The molecule has 0 radical (unpaired) electrons. The lowest BCUT2D eigenvalue weighted by Gasteiger charge is -2.61. The third-order valence-electron chi connectivity index (χ3n) is 7.49. The Morgan fingerprint density at radius 2 is 1.91 bits per heavy atom. The van der Waals surface area contributed by atoms with E-state index >= 15 is 0 Å². The smallest absolute Gasteiger partial charge is 0.358 e. The number of carbonyl (C=O) groups excluding carboxylic acids is 1. The zero-order chi connectivity index (χ0) is 23.4. The number of hydrogen-bond acceptors (Lipinski definition) is 7. The summed E-state index contributed by atoms with van der Waals surface area (Å²) >= 11 is 3.27. The third-order valence-corrected chi connectivity index (χ3v) is 8.05. The number of hydrogen-bond donors (Lipinski definition) is 1. The van der Waals surface area contributed by atoms with Crippen molar-refractivity contribution in [2.24, 2.45) is 17.3 Å². The molecule has 2 unspecified atom stereocenters. The molecule has 4 fully saturated rings. The Balaban J connectivity index is 1.26. The summed E-state index contributed by atoms with van der Waals surface area (Å²) in [5.41, 5.74) is -0.494. The first-order valence-corrected chi connectivity index (χ1v) is 11.8. The Labute approximate surface area is 197 Å². The van der Waals surface area contributed by atoms with E-state index in [0.717, 1.165) is 38.5 Å². The van der Waals surface area contributed by atoms with E-state index < -0.39 is 9.85 Å². The summed E-state index contributed by atoms with van der Waals surface area (Å²) in [5.74, 6) is 0.772. The van der Waals surface area contributed by atoms with E-state index in [1.807, 2.05) is 0 Å². The lowest BCUT2D eigenvalue weighted by atomic mass is 9.46. The fourth-order valence-corrected chi connectivity index (χ4v) is 7.29. The minimum absolute atomic E-state index is 0.0404. The van der Waals surface area contributed by atoms with Gasteiger partial charge in [-0.1, -0.05) is 0 Å². The normalized spacial score (nSPS) is 29.8. The van der Waals surface area contributed by atoms with Crippen LogP contribution < -0.4 is 5.32 Å². The highest BCUT2D eigenvalue weighted by Crippen LogP contribution is 2.65. The van der Waals surface area contributed by atoms with Gasteiger partial charge in [0.1, 0.15) is 16.9 Å². The van der Waals surface area contributed by atoms with Gasteiger partial charge < -0.3 is 15.4 Å². The molecule has 4 aliphatic carbocycles. The number of nitro groups is 2. The van der Waals surface area contributed by atoms with Crippen LogP contribution in [0, 0.1) is 37.5 Å². The van der Waals surface area contributed by atoms with E-state index in [9.17, 15) is 25.0 Å². The predicted molar refractivity (Wildman–Crippen MR) is 118 cm³/mol. The minimum Gasteiger partial charge on any atom is -0.358 e. The van der Waals surface area contributed by atoms with Crippen LogP contribution >= 0.6 is 15.9 Å². The number of amides is 1. The van der Waals surface area contributed by atoms with Crippen LogP contribution in [-0.4, -0.2) is 41.9 Å². The molecule has 176 valence electrons. The highest BCUT2D eigenvalue weighted by Gasteiger charge is 2.60. The maximum absolute atomic E-state index is 12.9. The molecule has 2 heterocycles. The average molecular weight is 522 g/mol. The molecule has 6 rings (SSSR count). The topological polar surface area (TPSA) is 151 Å². The summed E-state index contributed by atoms with van der Waals surface area (Å²) in [4.78, 5) is 34.0. The van der Waals surface area contributed by atoms with Gasteiger partial charge in [-0.05, 0) is 76.6 Å². The van der Waals surface area contributed by atoms with Gasteiger partial charge in [0.05, 0.1) is 28.3 Å². The molecule has 2 atom stereocenters. The highest BCUT2D eigenvalue weighted by atomic mass is 79.9. The van der Waals surface area contributed by atoms with Crippen molar-refractivity contribution in [3.05, 3.63) is 43.3 Å². The molecular weight excluding hydrogens is 498 g/mol. The number of nitrogens with one attached hydrogen (secondary N) is 1. The monoisotopic (exact) mass is 521 g/mol. The van der Waals surface area contributed by atoms with Gasteiger partial charge in [-0.25, -0.2) is 0 Å². The van der Waals surface area contributed by atoms with E-state index in [4.69, 9.17) is 0 Å². The summed E-state index contributed by atoms with van der Waals surface area (Å²) in [7, 11) is 0. The lowest BCUT2D eigenvalue weighted by molar-refractivity contribution is -0.390. The number of aromatic nitrogens is 4. The highest BCUT2D eigenvalue weighted by molar-refractivity contribution is 9.10. The van der Waals surface area contributed by atoms with E-state index in [2.05, 4.69) is 31.4 Å². The molecule has 1 amide bonds. The number of rotatable bonds is 8. The summed E-state index contributed by atoms with van der Waals surface area (Å²) in [6.07, 6.45) is 10.5. The molecule has 2 aromatic rings. The molecule has 4 bridgehead atoms. The summed E-state index contributed by atoms with van der Waals surface area (Å²) < 4.78 is 3.62. The van der Waals surface area contributed by atoms with E-state index in [1.165, 1.54) is 17.1 Å². The van der Waals surface area contributed by atoms with Gasteiger partial charge in [-0.3, -0.25) is 19.6 Å². The van der Waals surface area contributed by atoms with Crippen molar-refractivity contribution in [1.29, 1.82) is 0 Å². The molecule has 33 heavy (non-hydrogen) atoms. The van der Waals surface area contributed by atoms with Gasteiger partial charge in [-0.2, -0.15) is 9.78 Å². The molecule has 0 spiro atoms. The summed E-state index contributed by atoms with van der Waals surface area (Å²) in [6, 6.07) is 0. The van der Waals surface area contributed by atoms with Crippen LogP contribution in [0.5, 0.6) is 0 Å². The Bertz CT molecular complexity index is 1110. The molecule has 0 aromatic carbocycles. The van der Waals surface area contributed by atoms with Crippen molar-refractivity contribution in [3.8, 4) is 0 Å². The summed E-state index contributed by atoms with van der Waals surface area (Å²) in [6.45, 7) is 0.691. The number of carbonyl (C=O) groups is 1. The molecule has 0 aliphatic heterocycles. The van der Waals surface area contributed by atoms with E-state index in [0.29, 0.717) is 35.8 Å². The van der Waals surface area contributed by atoms with Gasteiger partial charge in [0.15, 0.2) is 0 Å². The van der Waals surface area contributed by atoms with Crippen molar-refractivity contribution in [3.63, 3.8) is 0 Å². The quantitative estimate of drug-likeness (QED) is 0.413. The van der Waals surface area contributed by atoms with Crippen LogP contribution in [0.4, 0.5) is 11.5 Å². The number of halogens is 1. The second kappa shape index (κ2) is 7.89. The first kappa shape index (κ1) is 22.0. The van der Waals surface area contributed by atoms with Crippen LogP contribution in [0.3, 0.4) is 0 Å². The largest absolute Gasteiger partial charge is 0.404 e. The SMILES string of the molecule is O=C(CC12CC3CC(C1)CC(n1cc(Br)c([N+](=O)[O-])n1)(C3)C2)NCCn1cc([N+](=O)[O-])cn1. The van der Waals surface area contributed by atoms with Crippen LogP contribution in [0.2, 0.25) is 0 Å². The zero-order valence-corrected chi connectivity index (χ0v) is 19.4. The van der Waals surface area contributed by atoms with Crippen molar-refractivity contribution in [2.45, 2.75) is 57.0 Å². The van der Waals surface area contributed by atoms with Crippen molar-refractivity contribution in [2.75, 3.05) is 6.54 Å². The maximum Gasteiger partial charge on any atom is 0.404 e. The molecular formula is C20H24BrN7O5. The summed E-state index contributed by atoms with van der Waals surface area (Å²) in [5, 5.41) is 33.3. The van der Waals surface area contributed by atoms with Crippen LogP contribution in [-0.2, 0) is 16.9 Å². The van der Waals surface area contributed by atoms with Crippen molar-refractivity contribution < 1.29 is 14.6 Å². The zero-order valence-electron chi connectivity index (χ0n) is 17.9. The van der Waals surface area contributed by atoms with Crippen LogP contribution in [0.15, 0.2) is 23.1 Å². The average Bonchev–Trinajstić information content (AvgIpc) is 3.34. The molecule has 1 N–H and O–H groups in total. The molecule has 4 aliphatic rings. The van der Waals surface area contributed by atoms with Crippen molar-refractivity contribution in [1.82, 2.24) is 24.9 Å². The molecule has 13 heteroatoms. The molecule has 0 saturated heterocycles. The van der Waals surface area contributed by atoms with E-state index in [1.54, 1.807) is 10.9 Å². The van der Waals surface area contributed by atoms with Crippen molar-refractivity contribution >= 4 is 33.3 Å². The van der Waals surface area contributed by atoms with Crippen LogP contribution in [0.25, 0.3) is 0 Å². The van der Waals surface area contributed by atoms with Gasteiger partial charge in [-0.15, -0.1) is 0 Å². The standard InChI is InChI=1S/C20H24BrN7O5/c21-16-11-26(24-18(16)28(32)33)20-6-13-3-14(7-20)5-19(4-13,12-20)8-17(29)22-1-2-25-10-15(9-23-25)27(30)31/h9-11,13-14H,1-8,12H2,(H,22,29). The fourth-order valence-electron chi connectivity index (χ4n) is 6.87. The Morgan fingerprint density at radius 3 is 2.52 bits per heavy atom. The Hall–Kier alpha value is -2.83. The molecule has 2 aromatic heterocycles. The number of nitrogens with zero attached hydrogens (tertiary/aromatic N) is 6. The minimum atomic E-state index is -0.502. The predicted octanol–water partition coefficient (Wildman–Crippen LogP) is 3.16. The molecule has 4 saturated carbocycles. The fraction of sp³-hybridized carbons (Fsp3) is 0.650. The van der Waals surface area contributed by atoms with Gasteiger partial charge in [0.2, 0.25) is 5.91 Å². The lowest BCUT2D eigenvalue weighted by Crippen LogP contribution is -2.57. The van der Waals surface area contributed by atoms with Gasteiger partial charge in [0, 0.05) is 13.0 Å². The van der Waals surface area contributed by atoms with Gasteiger partial charge >= 0.3 is 11.5 Å². The Morgan fingerprint density at radius 1 is 1.18 bits per heavy atom.